The highest BCUT2D eigenvalue weighted by molar-refractivity contribution is 6.03. The van der Waals surface area contributed by atoms with Crippen molar-refractivity contribution in [3.8, 4) is 33.4 Å². The third kappa shape index (κ3) is 6.57. The minimum absolute atomic E-state index is 0.00682. The Balaban J connectivity index is 1.26. The van der Waals surface area contributed by atoms with Crippen LogP contribution >= 0.6 is 0 Å². The van der Waals surface area contributed by atoms with Crippen LogP contribution in [0, 0.1) is 0 Å². The normalized spacial score (nSPS) is 15.3. The average molecular weight is 791 g/mol. The zero-order chi connectivity index (χ0) is 41.9. The molecule has 0 radical (unpaired) electrons. The molecule has 0 atom stereocenters. The lowest BCUT2D eigenvalue weighted by atomic mass is 9.61. The first kappa shape index (κ1) is 38.6. The van der Waals surface area contributed by atoms with E-state index in [2.05, 4.69) is 245 Å². The Labute approximate surface area is 362 Å². The first-order valence-electron chi connectivity index (χ1n) is 21.9. The lowest BCUT2D eigenvalue weighted by Crippen LogP contribution is -2.34. The zero-order valence-electron chi connectivity index (χ0n) is 36.3. The summed E-state index contributed by atoms with van der Waals surface area (Å²) in [7, 11) is 0. The van der Waals surface area contributed by atoms with Gasteiger partial charge in [-0.25, -0.2) is 0 Å². The van der Waals surface area contributed by atoms with Crippen molar-refractivity contribution in [2.45, 2.75) is 70.6 Å². The largest absolute Gasteiger partial charge is 0.311 e. The number of hydrogen-bond acceptors (Lipinski definition) is 2. The molecule has 0 unspecified atom stereocenters. The van der Waals surface area contributed by atoms with Gasteiger partial charge in [0.05, 0.1) is 5.69 Å². The monoisotopic (exact) mass is 790 g/mol. The van der Waals surface area contributed by atoms with E-state index in [0.717, 1.165) is 34.9 Å². The highest BCUT2D eigenvalue weighted by atomic mass is 15.2. The molecule has 0 amide bonds. The number of fused-ring (bicyclic) bond motifs is 4. The van der Waals surface area contributed by atoms with Gasteiger partial charge in [0.15, 0.2) is 0 Å². The fourth-order valence-electron chi connectivity index (χ4n) is 10.4. The molecule has 0 saturated heterocycles. The minimum atomic E-state index is -0.152. The highest BCUT2D eigenvalue weighted by Gasteiger charge is 2.42. The lowest BCUT2D eigenvalue weighted by Gasteiger charge is -2.43. The molecule has 0 fully saturated rings. The first-order chi connectivity index (χ1) is 29.5. The fourth-order valence-corrected chi connectivity index (χ4v) is 10.4. The Kier molecular flexibility index (Phi) is 9.37. The van der Waals surface area contributed by atoms with Crippen LogP contribution in [-0.4, -0.2) is 0 Å². The van der Waals surface area contributed by atoms with E-state index in [1.807, 2.05) is 0 Å². The topological polar surface area (TPSA) is 6.48 Å². The average Bonchev–Trinajstić information content (AvgIpc) is 3.52. The van der Waals surface area contributed by atoms with E-state index < -0.39 is 0 Å². The summed E-state index contributed by atoms with van der Waals surface area (Å²) in [5.41, 5.74) is 20.1. The fraction of sp³-hybridized carbons (Fsp3) is 0.186. The van der Waals surface area contributed by atoms with E-state index in [1.54, 1.807) is 0 Å². The van der Waals surface area contributed by atoms with Gasteiger partial charge in [0, 0.05) is 39.4 Å². The number of para-hydroxylation sites is 2. The molecule has 61 heavy (non-hydrogen) atoms. The summed E-state index contributed by atoms with van der Waals surface area (Å²) in [5, 5.41) is 0. The number of benzene rings is 8. The van der Waals surface area contributed by atoms with Gasteiger partial charge in [-0.2, -0.15) is 0 Å². The van der Waals surface area contributed by atoms with E-state index >= 15 is 0 Å². The van der Waals surface area contributed by atoms with Gasteiger partial charge >= 0.3 is 0 Å². The summed E-state index contributed by atoms with van der Waals surface area (Å²) in [5.74, 6) is 0. The summed E-state index contributed by atoms with van der Waals surface area (Å²) in [6.07, 6.45) is 2.31. The first-order valence-corrected chi connectivity index (χ1v) is 21.9. The van der Waals surface area contributed by atoms with Crippen LogP contribution in [0.4, 0.5) is 34.1 Å². The van der Waals surface area contributed by atoms with E-state index in [0.29, 0.717) is 0 Å². The zero-order valence-corrected chi connectivity index (χ0v) is 36.3. The molecule has 2 nitrogen and oxygen atoms in total. The molecule has 10 rings (SSSR count). The molecular weight excluding hydrogens is 737 g/mol. The highest BCUT2D eigenvalue weighted by Crippen LogP contribution is 2.59. The van der Waals surface area contributed by atoms with Gasteiger partial charge in [-0.1, -0.05) is 169 Å². The minimum Gasteiger partial charge on any atom is -0.311 e. The van der Waals surface area contributed by atoms with Crippen LogP contribution in [0.3, 0.4) is 0 Å². The molecule has 0 N–H and O–H groups in total. The van der Waals surface area contributed by atoms with Gasteiger partial charge < -0.3 is 9.80 Å². The Morgan fingerprint density at radius 3 is 1.51 bits per heavy atom. The summed E-state index contributed by atoms with van der Waals surface area (Å²) in [6, 6.07) is 71.5. The second-order valence-electron chi connectivity index (χ2n) is 18.8. The van der Waals surface area contributed by atoms with Gasteiger partial charge in [0.25, 0.3) is 0 Å². The van der Waals surface area contributed by atoms with E-state index in [9.17, 15) is 0 Å². The lowest BCUT2D eigenvalue weighted by molar-refractivity contribution is 0.333. The number of nitrogens with zero attached hydrogens (tertiary/aromatic N) is 2. The Morgan fingerprint density at radius 2 is 0.836 bits per heavy atom. The van der Waals surface area contributed by atoms with Crippen LogP contribution in [0.5, 0.6) is 0 Å². The number of hydrogen-bond donors (Lipinski definition) is 0. The van der Waals surface area contributed by atoms with Gasteiger partial charge in [0.1, 0.15) is 0 Å². The maximum atomic E-state index is 2.52. The summed E-state index contributed by atoms with van der Waals surface area (Å²) in [4.78, 5) is 4.86. The Morgan fingerprint density at radius 1 is 0.344 bits per heavy atom. The molecule has 8 aromatic rings. The molecular formula is C59H54N2. The molecule has 2 aliphatic rings. The van der Waals surface area contributed by atoms with Crippen molar-refractivity contribution in [1.29, 1.82) is 0 Å². The maximum Gasteiger partial charge on any atom is 0.0546 e. The summed E-state index contributed by atoms with van der Waals surface area (Å²) < 4.78 is 0. The van der Waals surface area contributed by atoms with Crippen molar-refractivity contribution in [2.75, 3.05) is 9.80 Å². The molecule has 0 aromatic heterocycles. The van der Waals surface area contributed by atoms with Crippen molar-refractivity contribution < 1.29 is 0 Å². The van der Waals surface area contributed by atoms with Crippen LogP contribution in [0.15, 0.2) is 194 Å². The van der Waals surface area contributed by atoms with Crippen LogP contribution in [0.2, 0.25) is 0 Å². The predicted octanol–water partition coefficient (Wildman–Crippen LogP) is 16.6. The van der Waals surface area contributed by atoms with Crippen LogP contribution in [0.25, 0.3) is 33.4 Å². The SMILES string of the molecule is CC1(C)CCC(C)(C)c2c(-c3c(N(c4ccc(N(c5ccccc5)c5ccccc5)cc4)c4cccc(-c5ccccc5)c4)ccc4c3-c3ccccc3C4(C)C)cccc21. The molecule has 0 saturated carbocycles. The van der Waals surface area contributed by atoms with Crippen LogP contribution in [0.1, 0.15) is 76.6 Å². The second-order valence-corrected chi connectivity index (χ2v) is 18.8. The van der Waals surface area contributed by atoms with Gasteiger partial charge in [-0.05, 0) is 140 Å². The maximum absolute atomic E-state index is 2.52. The third-order valence-corrected chi connectivity index (χ3v) is 13.7. The quantitative estimate of drug-likeness (QED) is 0.151. The Hall–Kier alpha value is -6.64. The van der Waals surface area contributed by atoms with Crippen molar-refractivity contribution in [3.63, 3.8) is 0 Å². The predicted molar refractivity (Wildman–Crippen MR) is 260 cm³/mol. The van der Waals surface area contributed by atoms with E-state index in [4.69, 9.17) is 0 Å². The van der Waals surface area contributed by atoms with Crippen molar-refractivity contribution in [1.82, 2.24) is 0 Å². The van der Waals surface area contributed by atoms with E-state index in [-0.39, 0.29) is 16.2 Å². The van der Waals surface area contributed by atoms with Crippen LogP contribution in [-0.2, 0) is 16.2 Å². The molecule has 0 bridgehead atoms. The molecule has 0 heterocycles. The molecule has 300 valence electrons. The molecule has 2 aliphatic carbocycles. The van der Waals surface area contributed by atoms with Gasteiger partial charge in [0.2, 0.25) is 0 Å². The third-order valence-electron chi connectivity index (χ3n) is 13.7. The summed E-state index contributed by atoms with van der Waals surface area (Å²) >= 11 is 0. The molecule has 8 aromatic carbocycles. The smallest absolute Gasteiger partial charge is 0.0546 e. The molecule has 2 heteroatoms. The van der Waals surface area contributed by atoms with Gasteiger partial charge in [-0.15, -0.1) is 0 Å². The van der Waals surface area contributed by atoms with Crippen molar-refractivity contribution >= 4 is 34.1 Å². The van der Waals surface area contributed by atoms with Crippen molar-refractivity contribution in [3.05, 3.63) is 216 Å². The second kappa shape index (κ2) is 14.8. The number of anilines is 6. The van der Waals surface area contributed by atoms with Crippen molar-refractivity contribution in [2.24, 2.45) is 0 Å². The standard InChI is InChI=1S/C59H54N2/c1-57(2)38-39-58(3,4)56-49(29-19-31-52(56)57)55-53(37-36-51-54(55)48-28-16-17-30-50(48)59(51,5)6)61(47-27-18-22-42(40-47)41-20-10-7-11-21-41)46-34-32-45(33-35-46)60(43-23-12-8-13-24-43)44-25-14-9-15-26-44/h7-37,40H,38-39H2,1-6H3. The Bertz CT molecular complexity index is 2830. The molecule has 0 spiro atoms. The van der Waals surface area contributed by atoms with Crippen LogP contribution < -0.4 is 9.80 Å². The van der Waals surface area contributed by atoms with E-state index in [1.165, 1.54) is 67.7 Å². The summed E-state index contributed by atoms with van der Waals surface area (Å²) in [6.45, 7) is 14.6. The van der Waals surface area contributed by atoms with Gasteiger partial charge in [-0.3, -0.25) is 0 Å². The molecule has 0 aliphatic heterocycles. The number of rotatable bonds is 8.